The van der Waals surface area contributed by atoms with Crippen LogP contribution in [-0.2, 0) is 6.54 Å². The van der Waals surface area contributed by atoms with Crippen molar-refractivity contribution < 1.29 is 14.6 Å². The topological polar surface area (TPSA) is 75.0 Å². The monoisotopic (exact) mass is 513 g/mol. The van der Waals surface area contributed by atoms with Gasteiger partial charge in [-0.1, -0.05) is 6.92 Å². The standard InChI is InChI=1S/C21H28IN3O4/c1-4-24-7-5-6-14(24)12-25-13-16(21(27)28)20(26)15-10-17(22)19(11-18(15)25)29-9-8-23(2)3/h10-11,13-14H,4-9,12H2,1-3H3,(H,27,28)/t14-/m0/s1. The molecule has 3 rings (SSSR count). The van der Waals surface area contributed by atoms with Gasteiger partial charge in [-0.3, -0.25) is 9.69 Å². The number of rotatable bonds is 8. The Morgan fingerprint density at radius 1 is 1.38 bits per heavy atom. The third kappa shape index (κ3) is 4.92. The predicted octanol–water partition coefficient (Wildman–Crippen LogP) is 2.73. The van der Waals surface area contributed by atoms with Crippen LogP contribution >= 0.6 is 22.6 Å². The van der Waals surface area contributed by atoms with Crippen molar-refractivity contribution in [2.45, 2.75) is 32.4 Å². The molecule has 29 heavy (non-hydrogen) atoms. The smallest absolute Gasteiger partial charge is 0.341 e. The highest BCUT2D eigenvalue weighted by Crippen LogP contribution is 2.28. The lowest BCUT2D eigenvalue weighted by Crippen LogP contribution is -2.33. The minimum Gasteiger partial charge on any atom is -0.491 e. The number of aromatic nitrogens is 1. The second-order valence-electron chi connectivity index (χ2n) is 7.71. The van der Waals surface area contributed by atoms with Crippen LogP contribution in [0.25, 0.3) is 10.9 Å². The fourth-order valence-electron chi connectivity index (χ4n) is 3.89. The number of aromatic carboxylic acids is 1. The van der Waals surface area contributed by atoms with Crippen LogP contribution in [0.1, 0.15) is 30.1 Å². The van der Waals surface area contributed by atoms with Crippen LogP contribution in [0.5, 0.6) is 5.75 Å². The molecule has 7 nitrogen and oxygen atoms in total. The van der Waals surface area contributed by atoms with Gasteiger partial charge >= 0.3 is 5.97 Å². The van der Waals surface area contributed by atoms with E-state index in [1.807, 2.05) is 29.6 Å². The molecule has 0 bridgehead atoms. The van der Waals surface area contributed by atoms with Gasteiger partial charge in [-0.25, -0.2) is 4.79 Å². The number of ether oxygens (including phenoxy) is 1. The zero-order valence-electron chi connectivity index (χ0n) is 17.2. The minimum atomic E-state index is -1.19. The predicted molar refractivity (Wildman–Crippen MR) is 122 cm³/mol. The van der Waals surface area contributed by atoms with Gasteiger partial charge in [-0.15, -0.1) is 0 Å². The summed E-state index contributed by atoms with van der Waals surface area (Å²) in [5.41, 5.74) is 0.0964. The molecule has 0 radical (unpaired) electrons. The molecule has 1 aromatic carbocycles. The number of fused-ring (bicyclic) bond motifs is 1. The molecule has 1 N–H and O–H groups in total. The van der Waals surface area contributed by atoms with Crippen molar-refractivity contribution in [3.63, 3.8) is 0 Å². The fraction of sp³-hybridized carbons (Fsp3) is 0.524. The van der Waals surface area contributed by atoms with Gasteiger partial charge in [0.2, 0.25) is 5.43 Å². The van der Waals surface area contributed by atoms with Gasteiger partial charge in [0.15, 0.2) is 0 Å². The van der Waals surface area contributed by atoms with E-state index in [1.54, 1.807) is 6.07 Å². The lowest BCUT2D eigenvalue weighted by Gasteiger charge is -2.25. The Hall–Kier alpha value is -1.65. The molecule has 1 aliphatic heterocycles. The van der Waals surface area contributed by atoms with E-state index in [-0.39, 0.29) is 5.56 Å². The van der Waals surface area contributed by atoms with Crippen LogP contribution in [-0.4, -0.2) is 71.8 Å². The Labute approximate surface area is 184 Å². The molecule has 1 aromatic heterocycles. The summed E-state index contributed by atoms with van der Waals surface area (Å²) in [6.07, 6.45) is 3.70. The molecule has 2 aromatic rings. The van der Waals surface area contributed by atoms with Gasteiger partial charge < -0.3 is 19.3 Å². The van der Waals surface area contributed by atoms with E-state index in [4.69, 9.17) is 4.74 Å². The number of likely N-dealkylation sites (N-methyl/N-ethyl adjacent to an activating group) is 2. The summed E-state index contributed by atoms with van der Waals surface area (Å²) in [6, 6.07) is 3.97. The van der Waals surface area contributed by atoms with Crippen LogP contribution in [0.4, 0.5) is 0 Å². The third-order valence-corrected chi connectivity index (χ3v) is 6.32. The maximum absolute atomic E-state index is 12.8. The van der Waals surface area contributed by atoms with Crippen LogP contribution in [0, 0.1) is 3.57 Å². The number of carboxylic acids is 1. The van der Waals surface area contributed by atoms with Crippen molar-refractivity contribution in [3.8, 4) is 5.75 Å². The number of carbonyl (C=O) groups is 1. The van der Waals surface area contributed by atoms with E-state index in [2.05, 4.69) is 34.4 Å². The number of hydrogen-bond donors (Lipinski definition) is 1. The lowest BCUT2D eigenvalue weighted by molar-refractivity contribution is 0.0694. The highest BCUT2D eigenvalue weighted by Gasteiger charge is 2.25. The van der Waals surface area contributed by atoms with Crippen molar-refractivity contribution >= 4 is 39.5 Å². The third-order valence-electron chi connectivity index (χ3n) is 5.47. The molecular formula is C21H28IN3O4. The van der Waals surface area contributed by atoms with E-state index in [9.17, 15) is 14.7 Å². The van der Waals surface area contributed by atoms with E-state index in [0.717, 1.165) is 47.3 Å². The van der Waals surface area contributed by atoms with Crippen molar-refractivity contribution in [3.05, 3.63) is 37.7 Å². The van der Waals surface area contributed by atoms with Crippen molar-refractivity contribution in [2.24, 2.45) is 0 Å². The number of hydrogen-bond acceptors (Lipinski definition) is 5. The lowest BCUT2D eigenvalue weighted by atomic mass is 10.1. The zero-order chi connectivity index (χ0) is 21.1. The normalized spacial score (nSPS) is 17.3. The molecule has 8 heteroatoms. The second-order valence-corrected chi connectivity index (χ2v) is 8.87. The van der Waals surface area contributed by atoms with Gasteiger partial charge in [0.1, 0.15) is 17.9 Å². The maximum atomic E-state index is 12.8. The first-order valence-electron chi connectivity index (χ1n) is 9.93. The van der Waals surface area contributed by atoms with Gasteiger partial charge in [0, 0.05) is 36.8 Å². The molecular weight excluding hydrogens is 485 g/mol. The largest absolute Gasteiger partial charge is 0.491 e. The van der Waals surface area contributed by atoms with Gasteiger partial charge in [-0.05, 0) is 68.7 Å². The van der Waals surface area contributed by atoms with Gasteiger partial charge in [0.05, 0.1) is 9.09 Å². The summed E-state index contributed by atoms with van der Waals surface area (Å²) in [4.78, 5) is 28.9. The van der Waals surface area contributed by atoms with Crippen LogP contribution in [0.15, 0.2) is 23.1 Å². The molecule has 1 atom stereocenters. The first kappa shape index (κ1) is 22.0. The summed E-state index contributed by atoms with van der Waals surface area (Å²) in [5, 5.41) is 9.97. The van der Waals surface area contributed by atoms with Crippen LogP contribution < -0.4 is 10.2 Å². The minimum absolute atomic E-state index is 0.185. The second kappa shape index (κ2) is 9.44. The Morgan fingerprint density at radius 3 is 2.79 bits per heavy atom. The van der Waals surface area contributed by atoms with Crippen molar-refractivity contribution in [1.29, 1.82) is 0 Å². The fourth-order valence-corrected chi connectivity index (χ4v) is 4.51. The van der Waals surface area contributed by atoms with E-state index in [1.165, 1.54) is 6.20 Å². The van der Waals surface area contributed by atoms with Gasteiger partial charge in [0.25, 0.3) is 0 Å². The Bertz CT molecular complexity index is 957. The number of carboxylic acid groups (broad SMARTS) is 1. The summed E-state index contributed by atoms with van der Waals surface area (Å²) in [5.74, 6) is -0.472. The van der Waals surface area contributed by atoms with Crippen molar-refractivity contribution in [2.75, 3.05) is 40.3 Å². The molecule has 0 unspecified atom stereocenters. The number of benzene rings is 1. The molecule has 1 saturated heterocycles. The Balaban J connectivity index is 2.07. The van der Waals surface area contributed by atoms with E-state index < -0.39 is 11.4 Å². The number of halogens is 1. The van der Waals surface area contributed by atoms with E-state index >= 15 is 0 Å². The highest BCUT2D eigenvalue weighted by molar-refractivity contribution is 14.1. The van der Waals surface area contributed by atoms with Crippen LogP contribution in [0.2, 0.25) is 0 Å². The molecule has 1 fully saturated rings. The molecule has 1 aliphatic rings. The van der Waals surface area contributed by atoms with Crippen LogP contribution in [0.3, 0.4) is 0 Å². The molecule has 158 valence electrons. The zero-order valence-corrected chi connectivity index (χ0v) is 19.3. The average Bonchev–Trinajstić information content (AvgIpc) is 3.11. The molecule has 2 heterocycles. The van der Waals surface area contributed by atoms with Crippen molar-refractivity contribution in [1.82, 2.24) is 14.4 Å². The first-order chi connectivity index (χ1) is 13.8. The molecule has 0 amide bonds. The summed E-state index contributed by atoms with van der Waals surface area (Å²) >= 11 is 2.14. The number of pyridine rings is 1. The highest BCUT2D eigenvalue weighted by atomic mass is 127. The Kier molecular flexibility index (Phi) is 7.18. The summed E-state index contributed by atoms with van der Waals surface area (Å²) < 4.78 is 8.68. The molecule has 0 aliphatic carbocycles. The molecule has 0 saturated carbocycles. The summed E-state index contributed by atoms with van der Waals surface area (Å²) in [7, 11) is 3.97. The SMILES string of the molecule is CCN1CCC[C@H]1Cn1cc(C(=O)O)c(=O)c2cc(I)c(OCCN(C)C)cc21. The van der Waals surface area contributed by atoms with E-state index in [0.29, 0.717) is 24.6 Å². The molecule has 0 spiro atoms. The number of likely N-dealkylation sites (tertiary alicyclic amines) is 1. The number of nitrogens with zero attached hydrogens (tertiary/aromatic N) is 3. The van der Waals surface area contributed by atoms with Gasteiger partial charge in [-0.2, -0.15) is 0 Å². The Morgan fingerprint density at radius 2 is 2.14 bits per heavy atom. The quantitative estimate of drug-likeness (QED) is 0.548. The first-order valence-corrected chi connectivity index (χ1v) is 11.0. The maximum Gasteiger partial charge on any atom is 0.341 e. The summed E-state index contributed by atoms with van der Waals surface area (Å²) in [6.45, 7) is 6.14. The average molecular weight is 513 g/mol.